The van der Waals surface area contributed by atoms with E-state index < -0.39 is 0 Å². The van der Waals surface area contributed by atoms with Gasteiger partial charge in [0.2, 0.25) is 5.95 Å². The van der Waals surface area contributed by atoms with Crippen molar-refractivity contribution < 1.29 is 9.84 Å². The van der Waals surface area contributed by atoms with Crippen LogP contribution in [0.2, 0.25) is 0 Å². The van der Waals surface area contributed by atoms with Gasteiger partial charge in [0.1, 0.15) is 0 Å². The topological polar surface area (TPSA) is 58.5 Å². The third-order valence-electron chi connectivity index (χ3n) is 2.36. The molecule has 1 aromatic rings. The molecule has 0 saturated carbocycles. The van der Waals surface area contributed by atoms with E-state index in [-0.39, 0.29) is 6.61 Å². The zero-order valence-electron chi connectivity index (χ0n) is 10.8. The molecule has 96 valence electrons. The number of aryl methyl sites for hydroxylation is 1. The number of hydrogen-bond acceptors (Lipinski definition) is 5. The summed E-state index contributed by atoms with van der Waals surface area (Å²) in [5.74, 6) is 0.721. The first kappa shape index (κ1) is 13.9. The molecular weight excluding hydrogens is 218 g/mol. The van der Waals surface area contributed by atoms with Crippen LogP contribution in [0.1, 0.15) is 19.4 Å². The van der Waals surface area contributed by atoms with Crippen LogP contribution in [0.25, 0.3) is 0 Å². The fraction of sp³-hybridized carbons (Fsp3) is 0.667. The highest BCUT2D eigenvalue weighted by Crippen LogP contribution is 2.10. The first-order chi connectivity index (χ1) is 8.15. The molecule has 0 aliphatic heterocycles. The molecule has 0 aliphatic carbocycles. The Hall–Kier alpha value is -1.20. The standard InChI is InChI=1S/C12H21N3O2/c1-10(2)15(4-6-17-7-5-16)12-13-8-11(3)9-14-12/h8-10,16H,4-7H2,1-3H3. The van der Waals surface area contributed by atoms with E-state index in [4.69, 9.17) is 9.84 Å². The molecular formula is C12H21N3O2. The summed E-state index contributed by atoms with van der Waals surface area (Å²) in [6.07, 6.45) is 3.62. The van der Waals surface area contributed by atoms with Crippen LogP contribution in [0, 0.1) is 6.92 Å². The van der Waals surface area contributed by atoms with Crippen molar-refractivity contribution in [1.82, 2.24) is 9.97 Å². The molecule has 0 fully saturated rings. The summed E-state index contributed by atoms with van der Waals surface area (Å²) in [5.41, 5.74) is 1.05. The van der Waals surface area contributed by atoms with Gasteiger partial charge in [0.15, 0.2) is 0 Å². The molecule has 0 atom stereocenters. The van der Waals surface area contributed by atoms with Crippen LogP contribution in [-0.2, 0) is 4.74 Å². The minimum Gasteiger partial charge on any atom is -0.394 e. The highest BCUT2D eigenvalue weighted by Gasteiger charge is 2.12. The highest BCUT2D eigenvalue weighted by atomic mass is 16.5. The number of aliphatic hydroxyl groups excluding tert-OH is 1. The Morgan fingerprint density at radius 1 is 1.29 bits per heavy atom. The van der Waals surface area contributed by atoms with Crippen LogP contribution in [0.4, 0.5) is 5.95 Å². The van der Waals surface area contributed by atoms with Gasteiger partial charge in [-0.3, -0.25) is 0 Å². The Morgan fingerprint density at radius 2 is 1.94 bits per heavy atom. The molecule has 5 nitrogen and oxygen atoms in total. The molecule has 1 heterocycles. The maximum atomic E-state index is 8.62. The molecule has 0 radical (unpaired) electrons. The second-order valence-electron chi connectivity index (χ2n) is 4.18. The van der Waals surface area contributed by atoms with Gasteiger partial charge in [-0.05, 0) is 26.3 Å². The molecule has 17 heavy (non-hydrogen) atoms. The Balaban J connectivity index is 2.56. The third-order valence-corrected chi connectivity index (χ3v) is 2.36. The lowest BCUT2D eigenvalue weighted by atomic mass is 10.3. The SMILES string of the molecule is Cc1cnc(N(CCOCCO)C(C)C)nc1. The van der Waals surface area contributed by atoms with E-state index in [1.165, 1.54) is 0 Å². The Bertz CT molecular complexity index is 314. The second-order valence-corrected chi connectivity index (χ2v) is 4.18. The van der Waals surface area contributed by atoms with Gasteiger partial charge in [0.05, 0.1) is 19.8 Å². The summed E-state index contributed by atoms with van der Waals surface area (Å²) in [7, 11) is 0. The van der Waals surface area contributed by atoms with Crippen molar-refractivity contribution in [2.75, 3.05) is 31.3 Å². The van der Waals surface area contributed by atoms with Crippen molar-refractivity contribution in [3.63, 3.8) is 0 Å². The number of rotatable bonds is 7. The number of ether oxygens (including phenoxy) is 1. The van der Waals surface area contributed by atoms with Crippen LogP contribution in [0.3, 0.4) is 0 Å². The molecule has 5 heteroatoms. The molecule has 0 saturated heterocycles. The van der Waals surface area contributed by atoms with Crippen molar-refractivity contribution in [3.05, 3.63) is 18.0 Å². The lowest BCUT2D eigenvalue weighted by Gasteiger charge is -2.26. The van der Waals surface area contributed by atoms with E-state index >= 15 is 0 Å². The predicted octanol–water partition coefficient (Wildman–Crippen LogP) is 1.01. The van der Waals surface area contributed by atoms with Crippen LogP contribution in [0.15, 0.2) is 12.4 Å². The van der Waals surface area contributed by atoms with Gasteiger partial charge in [-0.15, -0.1) is 0 Å². The van der Waals surface area contributed by atoms with Gasteiger partial charge >= 0.3 is 0 Å². The molecule has 0 unspecified atom stereocenters. The Kier molecular flexibility index (Phi) is 5.86. The summed E-state index contributed by atoms with van der Waals surface area (Å²) in [4.78, 5) is 10.7. The van der Waals surface area contributed by atoms with Crippen molar-refractivity contribution in [2.45, 2.75) is 26.8 Å². The van der Waals surface area contributed by atoms with Crippen LogP contribution >= 0.6 is 0 Å². The summed E-state index contributed by atoms with van der Waals surface area (Å²) >= 11 is 0. The van der Waals surface area contributed by atoms with E-state index in [0.29, 0.717) is 19.3 Å². The fourth-order valence-corrected chi connectivity index (χ4v) is 1.45. The summed E-state index contributed by atoms with van der Waals surface area (Å²) in [5, 5.41) is 8.62. The molecule has 1 rings (SSSR count). The van der Waals surface area contributed by atoms with Gasteiger partial charge in [-0.1, -0.05) is 0 Å². The van der Waals surface area contributed by atoms with E-state index in [9.17, 15) is 0 Å². The van der Waals surface area contributed by atoms with Crippen molar-refractivity contribution >= 4 is 5.95 Å². The van der Waals surface area contributed by atoms with Gasteiger partial charge < -0.3 is 14.7 Å². The van der Waals surface area contributed by atoms with Crippen molar-refractivity contribution in [1.29, 1.82) is 0 Å². The third kappa shape index (κ3) is 4.66. The Morgan fingerprint density at radius 3 is 2.47 bits per heavy atom. The zero-order chi connectivity index (χ0) is 12.7. The zero-order valence-corrected chi connectivity index (χ0v) is 10.8. The molecule has 1 aromatic heterocycles. The number of aliphatic hydroxyl groups is 1. The first-order valence-corrected chi connectivity index (χ1v) is 5.89. The molecule has 0 spiro atoms. The van der Waals surface area contributed by atoms with Crippen molar-refractivity contribution in [3.8, 4) is 0 Å². The normalized spacial score (nSPS) is 10.9. The number of nitrogens with zero attached hydrogens (tertiary/aromatic N) is 3. The number of aromatic nitrogens is 2. The second kappa shape index (κ2) is 7.19. The van der Waals surface area contributed by atoms with Gasteiger partial charge in [-0.25, -0.2) is 9.97 Å². The maximum absolute atomic E-state index is 8.62. The summed E-state index contributed by atoms with van der Waals surface area (Å²) < 4.78 is 5.26. The monoisotopic (exact) mass is 239 g/mol. The lowest BCUT2D eigenvalue weighted by molar-refractivity contribution is 0.0960. The average Bonchev–Trinajstić information content (AvgIpc) is 2.30. The highest BCUT2D eigenvalue weighted by molar-refractivity contribution is 5.30. The summed E-state index contributed by atoms with van der Waals surface area (Å²) in [6, 6.07) is 0.315. The molecule has 0 aromatic carbocycles. The van der Waals surface area contributed by atoms with Crippen LogP contribution in [-0.4, -0.2) is 47.5 Å². The number of anilines is 1. The van der Waals surface area contributed by atoms with E-state index in [2.05, 4.69) is 28.7 Å². The van der Waals surface area contributed by atoms with Crippen molar-refractivity contribution in [2.24, 2.45) is 0 Å². The quantitative estimate of drug-likeness (QED) is 0.720. The lowest BCUT2D eigenvalue weighted by Crippen LogP contribution is -2.35. The smallest absolute Gasteiger partial charge is 0.225 e. The maximum Gasteiger partial charge on any atom is 0.225 e. The van der Waals surface area contributed by atoms with Crippen LogP contribution in [0.5, 0.6) is 0 Å². The fourth-order valence-electron chi connectivity index (χ4n) is 1.45. The molecule has 0 bridgehead atoms. The Labute approximate surface area is 102 Å². The minimum absolute atomic E-state index is 0.0582. The molecule has 0 amide bonds. The summed E-state index contributed by atoms with van der Waals surface area (Å²) in [6.45, 7) is 7.87. The van der Waals surface area contributed by atoms with Gasteiger partial charge in [0.25, 0.3) is 0 Å². The predicted molar refractivity (Wildman–Crippen MR) is 67.2 cm³/mol. The molecule has 1 N–H and O–H groups in total. The van der Waals surface area contributed by atoms with Gasteiger partial charge in [-0.2, -0.15) is 0 Å². The van der Waals surface area contributed by atoms with E-state index in [1.807, 2.05) is 19.3 Å². The largest absolute Gasteiger partial charge is 0.394 e. The molecule has 0 aliphatic rings. The minimum atomic E-state index is 0.0582. The number of hydrogen-bond donors (Lipinski definition) is 1. The first-order valence-electron chi connectivity index (χ1n) is 5.89. The van der Waals surface area contributed by atoms with E-state index in [1.54, 1.807) is 0 Å². The van der Waals surface area contributed by atoms with E-state index in [0.717, 1.165) is 18.1 Å². The van der Waals surface area contributed by atoms with Crippen LogP contribution < -0.4 is 4.90 Å². The van der Waals surface area contributed by atoms with Gasteiger partial charge in [0, 0.05) is 25.0 Å². The average molecular weight is 239 g/mol.